The molecule has 1 N–H and O–H groups in total. The molecule has 3 rings (SSSR count). The maximum absolute atomic E-state index is 14.2. The van der Waals surface area contributed by atoms with E-state index in [4.69, 9.17) is 4.42 Å². The Labute approximate surface area is 122 Å². The highest BCUT2D eigenvalue weighted by atomic mass is 19.1. The van der Waals surface area contributed by atoms with Crippen molar-refractivity contribution < 1.29 is 13.6 Å². The number of benzene rings is 1. The molecule has 4 nitrogen and oxygen atoms in total. The van der Waals surface area contributed by atoms with Crippen molar-refractivity contribution in [2.45, 2.75) is 19.3 Å². The standard InChI is InChI=1S/C16H17FN2O2/c17-13-11-12(18-16(20)15-5-4-10-21-15)6-7-14(13)19-8-2-1-3-9-19/h4-7,10-11H,1-3,8-9H2,(H,18,20). The summed E-state index contributed by atoms with van der Waals surface area (Å²) in [5.41, 5.74) is 1.03. The minimum absolute atomic E-state index is 0.204. The Hall–Kier alpha value is -2.30. The van der Waals surface area contributed by atoms with Crippen LogP contribution in [0.5, 0.6) is 0 Å². The van der Waals surface area contributed by atoms with Crippen molar-refractivity contribution in [2.75, 3.05) is 23.3 Å². The van der Waals surface area contributed by atoms with Crippen molar-refractivity contribution in [3.63, 3.8) is 0 Å². The Morgan fingerprint density at radius 1 is 1.19 bits per heavy atom. The zero-order valence-electron chi connectivity index (χ0n) is 11.6. The molecule has 110 valence electrons. The minimum Gasteiger partial charge on any atom is -0.459 e. The molecular formula is C16H17FN2O2. The quantitative estimate of drug-likeness (QED) is 0.937. The van der Waals surface area contributed by atoms with E-state index in [0.717, 1.165) is 25.9 Å². The Kier molecular flexibility index (Phi) is 3.90. The van der Waals surface area contributed by atoms with Crippen LogP contribution in [0, 0.1) is 5.82 Å². The van der Waals surface area contributed by atoms with Crippen molar-refractivity contribution >= 4 is 17.3 Å². The Morgan fingerprint density at radius 3 is 2.67 bits per heavy atom. The van der Waals surface area contributed by atoms with Gasteiger partial charge in [0.2, 0.25) is 0 Å². The molecule has 0 bridgehead atoms. The van der Waals surface area contributed by atoms with Gasteiger partial charge in [-0.2, -0.15) is 0 Å². The van der Waals surface area contributed by atoms with Gasteiger partial charge in [0.25, 0.3) is 5.91 Å². The van der Waals surface area contributed by atoms with Crippen LogP contribution in [0.15, 0.2) is 41.0 Å². The van der Waals surface area contributed by atoms with Crippen LogP contribution in [-0.4, -0.2) is 19.0 Å². The lowest BCUT2D eigenvalue weighted by Crippen LogP contribution is -2.30. The number of anilines is 2. The fraction of sp³-hybridized carbons (Fsp3) is 0.312. The highest BCUT2D eigenvalue weighted by Gasteiger charge is 2.16. The molecule has 1 aliphatic rings. The summed E-state index contributed by atoms with van der Waals surface area (Å²) in [5, 5.41) is 2.62. The van der Waals surface area contributed by atoms with Crippen LogP contribution in [0.25, 0.3) is 0 Å². The third kappa shape index (κ3) is 3.07. The minimum atomic E-state index is -0.384. The second kappa shape index (κ2) is 5.99. The predicted molar refractivity (Wildman–Crippen MR) is 79.1 cm³/mol. The lowest BCUT2D eigenvalue weighted by atomic mass is 10.1. The summed E-state index contributed by atoms with van der Waals surface area (Å²) in [7, 11) is 0. The van der Waals surface area contributed by atoms with E-state index in [-0.39, 0.29) is 17.5 Å². The summed E-state index contributed by atoms with van der Waals surface area (Å²) in [6.45, 7) is 1.77. The zero-order chi connectivity index (χ0) is 14.7. The lowest BCUT2D eigenvalue weighted by molar-refractivity contribution is 0.0996. The van der Waals surface area contributed by atoms with E-state index in [1.807, 2.05) is 0 Å². The smallest absolute Gasteiger partial charge is 0.291 e. The van der Waals surface area contributed by atoms with Gasteiger partial charge in [-0.25, -0.2) is 4.39 Å². The summed E-state index contributed by atoms with van der Waals surface area (Å²) < 4.78 is 19.2. The van der Waals surface area contributed by atoms with Crippen LogP contribution in [0.3, 0.4) is 0 Å². The fourth-order valence-electron chi connectivity index (χ4n) is 2.58. The SMILES string of the molecule is O=C(Nc1ccc(N2CCCCC2)c(F)c1)c1ccco1. The van der Waals surface area contributed by atoms with E-state index >= 15 is 0 Å². The Balaban J connectivity index is 1.73. The first-order valence-corrected chi connectivity index (χ1v) is 7.13. The molecule has 1 aliphatic heterocycles. The zero-order valence-corrected chi connectivity index (χ0v) is 11.6. The van der Waals surface area contributed by atoms with E-state index in [2.05, 4.69) is 10.2 Å². The van der Waals surface area contributed by atoms with Crippen LogP contribution >= 0.6 is 0 Å². The van der Waals surface area contributed by atoms with Crippen molar-refractivity contribution in [1.29, 1.82) is 0 Å². The topological polar surface area (TPSA) is 45.5 Å². The van der Waals surface area contributed by atoms with E-state index in [1.165, 1.54) is 18.8 Å². The van der Waals surface area contributed by atoms with E-state index in [0.29, 0.717) is 11.4 Å². The molecule has 2 heterocycles. The molecule has 1 fully saturated rings. The second-order valence-corrected chi connectivity index (χ2v) is 5.15. The van der Waals surface area contributed by atoms with E-state index in [9.17, 15) is 9.18 Å². The van der Waals surface area contributed by atoms with Crippen molar-refractivity contribution in [3.8, 4) is 0 Å². The number of halogens is 1. The number of piperidine rings is 1. The summed E-state index contributed by atoms with van der Waals surface area (Å²) in [5.74, 6) is -0.491. The van der Waals surface area contributed by atoms with Crippen LogP contribution in [0.1, 0.15) is 29.8 Å². The van der Waals surface area contributed by atoms with Gasteiger partial charge in [-0.3, -0.25) is 4.79 Å². The van der Waals surface area contributed by atoms with Gasteiger partial charge in [0.1, 0.15) is 5.82 Å². The average Bonchev–Trinajstić information content (AvgIpc) is 3.02. The Morgan fingerprint density at radius 2 is 2.00 bits per heavy atom. The van der Waals surface area contributed by atoms with Crippen molar-refractivity contribution in [2.24, 2.45) is 0 Å². The number of hydrogen-bond acceptors (Lipinski definition) is 3. The Bertz CT molecular complexity index is 619. The van der Waals surface area contributed by atoms with Crippen LogP contribution < -0.4 is 10.2 Å². The van der Waals surface area contributed by atoms with E-state index < -0.39 is 0 Å². The average molecular weight is 288 g/mol. The molecule has 0 spiro atoms. The molecule has 0 saturated carbocycles. The van der Waals surface area contributed by atoms with Crippen LogP contribution in [0.2, 0.25) is 0 Å². The molecule has 0 unspecified atom stereocenters. The number of carbonyl (C=O) groups is 1. The summed E-state index contributed by atoms with van der Waals surface area (Å²) >= 11 is 0. The molecule has 2 aromatic rings. The number of carbonyl (C=O) groups excluding carboxylic acids is 1. The van der Waals surface area contributed by atoms with Gasteiger partial charge in [-0.15, -0.1) is 0 Å². The van der Waals surface area contributed by atoms with Gasteiger partial charge in [0, 0.05) is 18.8 Å². The maximum atomic E-state index is 14.2. The molecule has 1 aromatic heterocycles. The van der Waals surface area contributed by atoms with Gasteiger partial charge in [0.05, 0.1) is 12.0 Å². The van der Waals surface area contributed by atoms with Crippen molar-refractivity contribution in [1.82, 2.24) is 0 Å². The third-order valence-electron chi connectivity index (χ3n) is 3.65. The molecule has 0 radical (unpaired) electrons. The first kappa shape index (κ1) is 13.7. The van der Waals surface area contributed by atoms with Gasteiger partial charge >= 0.3 is 0 Å². The van der Waals surface area contributed by atoms with Crippen molar-refractivity contribution in [3.05, 3.63) is 48.2 Å². The first-order chi connectivity index (χ1) is 10.2. The molecule has 1 amide bonds. The number of hydrogen-bond donors (Lipinski definition) is 1. The van der Waals surface area contributed by atoms with Crippen LogP contribution in [0.4, 0.5) is 15.8 Å². The fourth-order valence-corrected chi connectivity index (χ4v) is 2.58. The lowest BCUT2D eigenvalue weighted by Gasteiger charge is -2.29. The largest absolute Gasteiger partial charge is 0.459 e. The molecule has 1 aromatic carbocycles. The number of rotatable bonds is 3. The number of furan rings is 1. The molecule has 0 atom stereocenters. The molecule has 5 heteroatoms. The third-order valence-corrected chi connectivity index (χ3v) is 3.65. The summed E-state index contributed by atoms with van der Waals surface area (Å²) in [4.78, 5) is 13.9. The normalized spacial score (nSPS) is 15.0. The van der Waals surface area contributed by atoms with Gasteiger partial charge in [-0.1, -0.05) is 0 Å². The maximum Gasteiger partial charge on any atom is 0.291 e. The highest BCUT2D eigenvalue weighted by Crippen LogP contribution is 2.26. The number of nitrogens with one attached hydrogen (secondary N) is 1. The molecule has 1 saturated heterocycles. The predicted octanol–water partition coefficient (Wildman–Crippen LogP) is 3.66. The van der Waals surface area contributed by atoms with E-state index in [1.54, 1.807) is 24.3 Å². The molecule has 21 heavy (non-hydrogen) atoms. The van der Waals surface area contributed by atoms with Gasteiger partial charge < -0.3 is 14.6 Å². The van der Waals surface area contributed by atoms with Gasteiger partial charge in [-0.05, 0) is 49.6 Å². The van der Waals surface area contributed by atoms with Crippen LogP contribution in [-0.2, 0) is 0 Å². The van der Waals surface area contributed by atoms with Gasteiger partial charge in [0.15, 0.2) is 5.76 Å². The summed E-state index contributed by atoms with van der Waals surface area (Å²) in [6.07, 6.45) is 4.82. The first-order valence-electron chi connectivity index (χ1n) is 7.13. The highest BCUT2D eigenvalue weighted by molar-refractivity contribution is 6.02. The molecule has 0 aliphatic carbocycles. The molecular weight excluding hydrogens is 271 g/mol. The monoisotopic (exact) mass is 288 g/mol. The number of nitrogens with zero attached hydrogens (tertiary/aromatic N) is 1. The number of amides is 1. The second-order valence-electron chi connectivity index (χ2n) is 5.15. The summed E-state index contributed by atoms with van der Waals surface area (Å²) in [6, 6.07) is 7.99.